The largest absolute Gasteiger partial charge is 0.494 e. The van der Waals surface area contributed by atoms with Gasteiger partial charge in [0.2, 0.25) is 0 Å². The smallest absolute Gasteiger partial charge is 0.399 e. The molecule has 0 saturated carbocycles. The molecule has 2 saturated heterocycles. The molecular weight excluding hydrogens is 337 g/mol. The number of piperidine rings is 1. The summed E-state index contributed by atoms with van der Waals surface area (Å²) in [6.07, 6.45) is 1.65. The van der Waals surface area contributed by atoms with E-state index in [-0.39, 0.29) is 5.25 Å². The van der Waals surface area contributed by atoms with Crippen molar-refractivity contribution >= 4 is 22.4 Å². The molecule has 0 aromatic heterocycles. The van der Waals surface area contributed by atoms with Crippen molar-refractivity contribution in [1.29, 1.82) is 0 Å². The summed E-state index contributed by atoms with van der Waals surface area (Å²) in [4.78, 5) is 2.47. The zero-order chi connectivity index (χ0) is 18.5. The van der Waals surface area contributed by atoms with Crippen molar-refractivity contribution in [3.8, 4) is 0 Å². The summed E-state index contributed by atoms with van der Waals surface area (Å²) in [5, 5.41) is -0.325. The summed E-state index contributed by atoms with van der Waals surface area (Å²) < 4.78 is 37.8. The second-order valence-corrected chi connectivity index (χ2v) is 10.5. The lowest BCUT2D eigenvalue weighted by atomic mass is 9.79. The average Bonchev–Trinajstić information content (AvgIpc) is 2.75. The van der Waals surface area contributed by atoms with Gasteiger partial charge in [0.1, 0.15) is 0 Å². The SMILES string of the molecule is CN1CCCC(S(=O)(=O)c2ccc(B3OC(C)(C)C(C)(C)O3)cc2)C1. The van der Waals surface area contributed by atoms with Crippen LogP contribution < -0.4 is 5.46 Å². The summed E-state index contributed by atoms with van der Waals surface area (Å²) in [6.45, 7) is 9.59. The van der Waals surface area contributed by atoms with Crippen LogP contribution in [0.25, 0.3) is 0 Å². The summed E-state index contributed by atoms with van der Waals surface area (Å²) in [5.41, 5.74) is 0.0304. The van der Waals surface area contributed by atoms with Gasteiger partial charge >= 0.3 is 7.12 Å². The van der Waals surface area contributed by atoms with E-state index in [0.29, 0.717) is 11.4 Å². The van der Waals surface area contributed by atoms with Gasteiger partial charge in [0.25, 0.3) is 0 Å². The molecule has 25 heavy (non-hydrogen) atoms. The third kappa shape index (κ3) is 3.52. The van der Waals surface area contributed by atoms with Crippen LogP contribution in [0.3, 0.4) is 0 Å². The van der Waals surface area contributed by atoms with Crippen molar-refractivity contribution < 1.29 is 17.7 Å². The molecule has 2 aliphatic heterocycles. The van der Waals surface area contributed by atoms with Crippen LogP contribution in [0.5, 0.6) is 0 Å². The quantitative estimate of drug-likeness (QED) is 0.766. The highest BCUT2D eigenvalue weighted by molar-refractivity contribution is 7.92. The zero-order valence-corrected chi connectivity index (χ0v) is 16.6. The van der Waals surface area contributed by atoms with Gasteiger partial charge in [-0.05, 0) is 71.7 Å². The van der Waals surface area contributed by atoms with E-state index in [9.17, 15) is 8.42 Å². The lowest BCUT2D eigenvalue weighted by molar-refractivity contribution is 0.00578. The van der Waals surface area contributed by atoms with E-state index in [2.05, 4.69) is 4.90 Å². The minimum absolute atomic E-state index is 0.325. The first kappa shape index (κ1) is 18.9. The number of likely N-dealkylation sites (tertiary alicyclic amines) is 1. The minimum atomic E-state index is -3.30. The van der Waals surface area contributed by atoms with Gasteiger partial charge in [0.15, 0.2) is 9.84 Å². The Morgan fingerprint density at radius 2 is 1.64 bits per heavy atom. The maximum atomic E-state index is 12.9. The predicted octanol–water partition coefficient (Wildman–Crippen LogP) is 1.85. The van der Waals surface area contributed by atoms with Crippen LogP contribution in [-0.4, -0.2) is 57.0 Å². The molecule has 0 radical (unpaired) electrons. The lowest BCUT2D eigenvalue weighted by Gasteiger charge is -2.32. The average molecular weight is 365 g/mol. The molecule has 2 fully saturated rings. The maximum absolute atomic E-state index is 12.9. The molecule has 1 aromatic carbocycles. The number of hydrogen-bond donors (Lipinski definition) is 0. The van der Waals surface area contributed by atoms with Crippen LogP contribution in [0, 0.1) is 0 Å². The summed E-state index contributed by atoms with van der Waals surface area (Å²) in [6, 6.07) is 6.98. The van der Waals surface area contributed by atoms with Gasteiger partial charge in [0, 0.05) is 6.54 Å². The van der Waals surface area contributed by atoms with E-state index < -0.39 is 28.2 Å². The van der Waals surface area contributed by atoms with Gasteiger partial charge in [-0.25, -0.2) is 8.42 Å². The van der Waals surface area contributed by atoms with Gasteiger partial charge in [-0.2, -0.15) is 0 Å². The highest BCUT2D eigenvalue weighted by Gasteiger charge is 2.51. The fourth-order valence-corrected chi connectivity index (χ4v) is 5.19. The van der Waals surface area contributed by atoms with E-state index in [4.69, 9.17) is 9.31 Å². The van der Waals surface area contributed by atoms with E-state index in [1.54, 1.807) is 12.1 Å². The molecule has 1 atom stereocenters. The van der Waals surface area contributed by atoms with Crippen molar-refractivity contribution in [3.63, 3.8) is 0 Å². The second kappa shape index (κ2) is 6.37. The third-order valence-corrected chi connectivity index (χ3v) is 7.95. The van der Waals surface area contributed by atoms with E-state index in [1.807, 2.05) is 46.9 Å². The molecule has 2 aliphatic rings. The fraction of sp³-hybridized carbons (Fsp3) is 0.667. The van der Waals surface area contributed by atoms with Crippen LogP contribution >= 0.6 is 0 Å². The van der Waals surface area contributed by atoms with Gasteiger partial charge in [0.05, 0.1) is 21.3 Å². The van der Waals surface area contributed by atoms with Crippen LogP contribution in [-0.2, 0) is 19.1 Å². The Labute approximate surface area is 151 Å². The molecule has 2 heterocycles. The molecule has 7 heteroatoms. The topological polar surface area (TPSA) is 55.8 Å². The monoisotopic (exact) mass is 365 g/mol. The predicted molar refractivity (Wildman–Crippen MR) is 99.9 cm³/mol. The zero-order valence-electron chi connectivity index (χ0n) is 15.8. The van der Waals surface area contributed by atoms with Crippen molar-refractivity contribution in [2.24, 2.45) is 0 Å². The Morgan fingerprint density at radius 1 is 1.08 bits per heavy atom. The highest BCUT2D eigenvalue weighted by atomic mass is 32.2. The van der Waals surface area contributed by atoms with Crippen LogP contribution in [0.1, 0.15) is 40.5 Å². The Balaban J connectivity index is 1.79. The number of sulfone groups is 1. The Hall–Kier alpha value is -0.885. The Kier molecular flexibility index (Phi) is 4.82. The number of nitrogens with zero attached hydrogens (tertiary/aromatic N) is 1. The van der Waals surface area contributed by atoms with Crippen LogP contribution in [0.4, 0.5) is 0 Å². The molecule has 3 rings (SSSR count). The maximum Gasteiger partial charge on any atom is 0.494 e. The molecule has 138 valence electrons. The Bertz CT molecular complexity index is 714. The highest BCUT2D eigenvalue weighted by Crippen LogP contribution is 2.36. The Morgan fingerprint density at radius 3 is 2.16 bits per heavy atom. The third-order valence-electron chi connectivity index (χ3n) is 5.75. The molecular formula is C18H28BNO4S. The van der Waals surface area contributed by atoms with Crippen molar-refractivity contribution in [2.45, 2.75) is 61.9 Å². The van der Waals surface area contributed by atoms with Gasteiger partial charge < -0.3 is 14.2 Å². The summed E-state index contributed by atoms with van der Waals surface area (Å²) in [7, 11) is -1.80. The first-order valence-electron chi connectivity index (χ1n) is 8.91. The van der Waals surface area contributed by atoms with Crippen molar-refractivity contribution in [2.75, 3.05) is 20.1 Å². The number of rotatable bonds is 3. The van der Waals surface area contributed by atoms with E-state index >= 15 is 0 Å². The molecule has 0 bridgehead atoms. The standard InChI is InChI=1S/C18H28BNO4S/c1-17(2)18(3,4)24-19(23-17)14-8-10-15(11-9-14)25(21,22)16-7-6-12-20(5)13-16/h8-11,16H,6-7,12-13H2,1-5H3. The van der Waals surface area contributed by atoms with Crippen molar-refractivity contribution in [1.82, 2.24) is 4.90 Å². The molecule has 5 nitrogen and oxygen atoms in total. The molecule has 0 amide bonds. The summed E-state index contributed by atoms with van der Waals surface area (Å²) >= 11 is 0. The number of hydrogen-bond acceptors (Lipinski definition) is 5. The first-order valence-corrected chi connectivity index (χ1v) is 10.5. The molecule has 1 unspecified atom stereocenters. The molecule has 0 N–H and O–H groups in total. The van der Waals surface area contributed by atoms with Gasteiger partial charge in [-0.15, -0.1) is 0 Å². The minimum Gasteiger partial charge on any atom is -0.399 e. The molecule has 1 aromatic rings. The van der Waals surface area contributed by atoms with Crippen LogP contribution in [0.15, 0.2) is 29.2 Å². The first-order chi connectivity index (χ1) is 11.5. The van der Waals surface area contributed by atoms with Gasteiger partial charge in [-0.1, -0.05) is 12.1 Å². The number of benzene rings is 1. The lowest BCUT2D eigenvalue weighted by Crippen LogP contribution is -2.41. The van der Waals surface area contributed by atoms with Gasteiger partial charge in [-0.3, -0.25) is 0 Å². The summed E-state index contributed by atoms with van der Waals surface area (Å²) in [5.74, 6) is 0. The van der Waals surface area contributed by atoms with Crippen LogP contribution in [0.2, 0.25) is 0 Å². The van der Waals surface area contributed by atoms with E-state index in [0.717, 1.165) is 24.8 Å². The molecule has 0 spiro atoms. The second-order valence-electron chi connectivity index (χ2n) is 8.23. The van der Waals surface area contributed by atoms with Crippen molar-refractivity contribution in [3.05, 3.63) is 24.3 Å². The van der Waals surface area contributed by atoms with E-state index in [1.165, 1.54) is 0 Å². The normalized spacial score (nSPS) is 26.8. The molecule has 0 aliphatic carbocycles. The fourth-order valence-electron chi connectivity index (χ4n) is 3.36.